The lowest BCUT2D eigenvalue weighted by Crippen LogP contribution is -2.12. The van der Waals surface area contributed by atoms with Crippen molar-refractivity contribution in [1.82, 2.24) is 0 Å². The van der Waals surface area contributed by atoms with Gasteiger partial charge in [0.05, 0.1) is 4.83 Å². The highest BCUT2D eigenvalue weighted by Crippen LogP contribution is 2.23. The normalized spacial score (nSPS) is 12.6. The van der Waals surface area contributed by atoms with Crippen molar-refractivity contribution in [3.05, 3.63) is 33.3 Å². The smallest absolute Gasteiger partial charge is 0.143 e. The lowest BCUT2D eigenvalue weighted by Gasteiger charge is -2.08. The number of carbonyl (C=O) groups excluding carboxylic acids is 1. The predicted molar refractivity (Wildman–Crippen MR) is 66.3 cm³/mol. The lowest BCUT2D eigenvalue weighted by molar-refractivity contribution is -0.116. The monoisotopic (exact) mass is 338 g/mol. The molecule has 1 nitrogen and oxygen atoms in total. The van der Waals surface area contributed by atoms with Crippen LogP contribution in [-0.2, 0) is 11.2 Å². The maximum Gasteiger partial charge on any atom is 0.143 e. The highest BCUT2D eigenvalue weighted by Gasteiger charge is 2.12. The predicted octanol–water partition coefficient (Wildman–Crippen LogP) is 4.00. The van der Waals surface area contributed by atoms with Crippen LogP contribution in [0.25, 0.3) is 0 Å². The van der Waals surface area contributed by atoms with E-state index in [0.29, 0.717) is 11.4 Å². The standard InChI is InChI=1S/C10H9Br2ClO/c1-6(14)9(12)5-7-4-8(11)2-3-10(7)13/h2-4,9H,5H2,1H3. The summed E-state index contributed by atoms with van der Waals surface area (Å²) in [7, 11) is 0. The van der Waals surface area contributed by atoms with Gasteiger partial charge in [-0.3, -0.25) is 4.79 Å². The Bertz CT molecular complexity index is 352. The second-order valence-corrected chi connectivity index (χ2v) is 5.45. The van der Waals surface area contributed by atoms with E-state index in [-0.39, 0.29) is 10.6 Å². The molecule has 1 atom stereocenters. The summed E-state index contributed by atoms with van der Waals surface area (Å²) in [6.45, 7) is 1.56. The molecule has 1 aromatic rings. The number of carbonyl (C=O) groups is 1. The number of rotatable bonds is 3. The van der Waals surface area contributed by atoms with Crippen LogP contribution in [0.1, 0.15) is 12.5 Å². The molecule has 0 aliphatic carbocycles. The van der Waals surface area contributed by atoms with Gasteiger partial charge in [0.1, 0.15) is 5.78 Å². The molecule has 0 bridgehead atoms. The molecule has 1 unspecified atom stereocenters. The highest BCUT2D eigenvalue weighted by atomic mass is 79.9. The van der Waals surface area contributed by atoms with Gasteiger partial charge in [0.25, 0.3) is 0 Å². The van der Waals surface area contributed by atoms with Gasteiger partial charge in [-0.2, -0.15) is 0 Å². The molecule has 0 fully saturated rings. The van der Waals surface area contributed by atoms with Gasteiger partial charge >= 0.3 is 0 Å². The molecule has 14 heavy (non-hydrogen) atoms. The van der Waals surface area contributed by atoms with Crippen molar-refractivity contribution in [2.75, 3.05) is 0 Å². The SMILES string of the molecule is CC(=O)C(Br)Cc1cc(Br)ccc1Cl. The third-order valence-corrected chi connectivity index (χ3v) is 3.68. The van der Waals surface area contributed by atoms with Gasteiger partial charge in [-0.1, -0.05) is 43.5 Å². The van der Waals surface area contributed by atoms with E-state index in [1.165, 1.54) is 0 Å². The summed E-state index contributed by atoms with van der Waals surface area (Å²) >= 11 is 12.7. The van der Waals surface area contributed by atoms with Crippen LogP contribution in [0.2, 0.25) is 5.02 Å². The Morgan fingerprint density at radius 3 is 2.79 bits per heavy atom. The number of Topliss-reactive ketones (excluding diaryl/α,β-unsaturated/α-hetero) is 1. The molecule has 76 valence electrons. The molecule has 1 rings (SSSR count). The Balaban J connectivity index is 2.85. The van der Waals surface area contributed by atoms with Crippen LogP contribution in [0.3, 0.4) is 0 Å². The van der Waals surface area contributed by atoms with Crippen molar-refractivity contribution in [1.29, 1.82) is 0 Å². The Hall–Kier alpha value is 0.140. The molecule has 4 heteroatoms. The summed E-state index contributed by atoms with van der Waals surface area (Å²) in [5.41, 5.74) is 0.970. The molecule has 0 spiro atoms. The van der Waals surface area contributed by atoms with Crippen LogP contribution in [0, 0.1) is 0 Å². The van der Waals surface area contributed by atoms with E-state index in [1.54, 1.807) is 6.92 Å². The molecule has 0 aliphatic heterocycles. The van der Waals surface area contributed by atoms with Gasteiger partial charge in [0, 0.05) is 9.50 Å². The van der Waals surface area contributed by atoms with Crippen LogP contribution in [-0.4, -0.2) is 10.6 Å². The summed E-state index contributed by atoms with van der Waals surface area (Å²) in [6, 6.07) is 5.63. The average molecular weight is 340 g/mol. The number of ketones is 1. The zero-order valence-electron chi connectivity index (χ0n) is 7.56. The first-order chi connectivity index (χ1) is 6.50. The second-order valence-electron chi connectivity index (χ2n) is 3.02. The molecule has 0 saturated carbocycles. The van der Waals surface area contributed by atoms with Gasteiger partial charge in [-0.05, 0) is 37.1 Å². The van der Waals surface area contributed by atoms with E-state index < -0.39 is 0 Å². The summed E-state index contributed by atoms with van der Waals surface area (Å²) in [6.07, 6.45) is 0.619. The van der Waals surface area contributed by atoms with Gasteiger partial charge in [0.2, 0.25) is 0 Å². The Kier molecular flexibility index (Phi) is 4.61. The first-order valence-electron chi connectivity index (χ1n) is 4.09. The molecule has 0 saturated heterocycles. The summed E-state index contributed by atoms with van der Waals surface area (Å²) < 4.78 is 0.972. The number of benzene rings is 1. The minimum Gasteiger partial charge on any atom is -0.299 e. The van der Waals surface area contributed by atoms with Crippen molar-refractivity contribution in [3.8, 4) is 0 Å². The van der Waals surface area contributed by atoms with E-state index in [0.717, 1.165) is 10.0 Å². The van der Waals surface area contributed by atoms with Crippen LogP contribution in [0.15, 0.2) is 22.7 Å². The van der Waals surface area contributed by atoms with Crippen LogP contribution in [0.4, 0.5) is 0 Å². The van der Waals surface area contributed by atoms with Crippen LogP contribution >= 0.6 is 43.5 Å². The Labute approximate surface area is 105 Å². The van der Waals surface area contributed by atoms with Gasteiger partial charge < -0.3 is 0 Å². The lowest BCUT2D eigenvalue weighted by atomic mass is 10.1. The van der Waals surface area contributed by atoms with Crippen molar-refractivity contribution in [3.63, 3.8) is 0 Å². The average Bonchev–Trinajstić information content (AvgIpc) is 2.11. The molecule has 0 heterocycles. The molecule has 0 aliphatic rings. The molecular weight excluding hydrogens is 331 g/mol. The van der Waals surface area contributed by atoms with E-state index >= 15 is 0 Å². The molecule has 1 aromatic carbocycles. The van der Waals surface area contributed by atoms with Crippen molar-refractivity contribution in [2.45, 2.75) is 18.2 Å². The summed E-state index contributed by atoms with van der Waals surface area (Å²) in [4.78, 5) is 10.9. The van der Waals surface area contributed by atoms with E-state index in [2.05, 4.69) is 31.9 Å². The fraction of sp³-hybridized carbons (Fsp3) is 0.300. The quantitative estimate of drug-likeness (QED) is 0.760. The fourth-order valence-electron chi connectivity index (χ4n) is 1.04. The molecule has 0 amide bonds. The number of hydrogen-bond donors (Lipinski definition) is 0. The van der Waals surface area contributed by atoms with Gasteiger partial charge in [0.15, 0.2) is 0 Å². The molecule has 0 N–H and O–H groups in total. The molecule has 0 aromatic heterocycles. The van der Waals surface area contributed by atoms with E-state index in [4.69, 9.17) is 11.6 Å². The van der Waals surface area contributed by atoms with E-state index in [9.17, 15) is 4.79 Å². The fourth-order valence-corrected chi connectivity index (χ4v) is 1.99. The summed E-state index contributed by atoms with van der Waals surface area (Å²) in [5.74, 6) is 0.112. The third kappa shape index (κ3) is 3.37. The van der Waals surface area contributed by atoms with Gasteiger partial charge in [-0.25, -0.2) is 0 Å². The third-order valence-electron chi connectivity index (χ3n) is 1.85. The van der Waals surface area contributed by atoms with Crippen LogP contribution < -0.4 is 0 Å². The largest absolute Gasteiger partial charge is 0.299 e. The molecular formula is C10H9Br2ClO. The van der Waals surface area contributed by atoms with Gasteiger partial charge in [-0.15, -0.1) is 0 Å². The number of hydrogen-bond acceptors (Lipinski definition) is 1. The molecule has 0 radical (unpaired) electrons. The first-order valence-corrected chi connectivity index (χ1v) is 6.18. The maximum atomic E-state index is 11.0. The maximum absolute atomic E-state index is 11.0. The zero-order valence-corrected chi connectivity index (χ0v) is 11.5. The Morgan fingerprint density at radius 1 is 1.57 bits per heavy atom. The van der Waals surface area contributed by atoms with E-state index in [1.807, 2.05) is 18.2 Å². The summed E-state index contributed by atoms with van der Waals surface area (Å²) in [5, 5.41) is 0.693. The minimum atomic E-state index is -0.158. The number of alkyl halides is 1. The Morgan fingerprint density at radius 2 is 2.21 bits per heavy atom. The topological polar surface area (TPSA) is 17.1 Å². The van der Waals surface area contributed by atoms with Crippen LogP contribution in [0.5, 0.6) is 0 Å². The van der Waals surface area contributed by atoms with Crippen molar-refractivity contribution < 1.29 is 4.79 Å². The highest BCUT2D eigenvalue weighted by molar-refractivity contribution is 9.10. The number of halogens is 3. The minimum absolute atomic E-state index is 0.112. The second kappa shape index (κ2) is 5.29. The van der Waals surface area contributed by atoms with Crippen molar-refractivity contribution in [2.24, 2.45) is 0 Å². The van der Waals surface area contributed by atoms with Crippen molar-refractivity contribution >= 4 is 49.2 Å². The first kappa shape index (κ1) is 12.2. The zero-order chi connectivity index (χ0) is 10.7.